The number of hydrazone groups is 1. The van der Waals surface area contributed by atoms with Gasteiger partial charge in [-0.25, -0.2) is 5.53 Å². The van der Waals surface area contributed by atoms with Gasteiger partial charge in [-0.15, -0.1) is 10.2 Å². The maximum Gasteiger partial charge on any atom is 1.00 e. The molecule has 15 heavy (non-hydrogen) atoms. The van der Waals surface area contributed by atoms with Crippen molar-refractivity contribution in [1.29, 1.82) is 5.53 Å². The average molecular weight is 300 g/mol. The fraction of sp³-hybridized carbons (Fsp3) is 0. The maximum absolute atomic E-state index is 6.93. The molecule has 1 aromatic heterocycles. The monoisotopic (exact) mass is 298 g/mol. The van der Waals surface area contributed by atoms with Crippen LogP contribution < -0.4 is 5.84 Å². The number of aromatic nitrogens is 3. The smallest absolute Gasteiger partial charge is 0.480 e. The molecule has 0 aliphatic heterocycles. The Morgan fingerprint density at radius 1 is 1.40 bits per heavy atom. The Hall–Kier alpha value is -1.02. The summed E-state index contributed by atoms with van der Waals surface area (Å²) in [5, 5.41) is 15.3. The van der Waals surface area contributed by atoms with Crippen molar-refractivity contribution in [2.45, 2.75) is 0 Å². The van der Waals surface area contributed by atoms with E-state index in [9.17, 15) is 0 Å². The molecule has 0 aromatic carbocycles. The van der Waals surface area contributed by atoms with Crippen LogP contribution in [0.25, 0.3) is 5.73 Å². The first-order valence-corrected chi connectivity index (χ1v) is 3.73. The van der Waals surface area contributed by atoms with Gasteiger partial charge in [-0.2, -0.15) is 10.3 Å². The molecule has 4 N–H and O–H groups in total. The van der Waals surface area contributed by atoms with Crippen LogP contribution in [0.1, 0.15) is 0 Å². The quantitative estimate of drug-likeness (QED) is 0.204. The fourth-order valence-electron chi connectivity index (χ4n) is 0.325. The Kier molecular flexibility index (Phi) is 10.4. The number of nitrogens with one attached hydrogen (secondary N) is 2. The van der Waals surface area contributed by atoms with Crippen LogP contribution in [0, 0.1) is 5.53 Å². The van der Waals surface area contributed by atoms with E-state index < -0.39 is 0 Å². The van der Waals surface area contributed by atoms with Gasteiger partial charge >= 0.3 is 17.1 Å². The minimum atomic E-state index is -0.156. The van der Waals surface area contributed by atoms with E-state index in [1.165, 1.54) is 0 Å². The molecule has 0 atom stereocenters. The third-order valence-electron chi connectivity index (χ3n) is 0.791. The largest absolute Gasteiger partial charge is 1.00 e. The minimum absolute atomic E-state index is 0. The summed E-state index contributed by atoms with van der Waals surface area (Å²) in [4.78, 5) is 0. The molecule has 0 saturated carbocycles. The van der Waals surface area contributed by atoms with E-state index in [-0.39, 0.29) is 33.1 Å². The normalized spacial score (nSPS) is 8.67. The van der Waals surface area contributed by atoms with Gasteiger partial charge in [-0.05, 0) is 5.82 Å². The summed E-state index contributed by atoms with van der Waals surface area (Å²) in [5.74, 6) is 4.34. The van der Waals surface area contributed by atoms with Gasteiger partial charge in [-0.3, -0.25) is 0 Å². The van der Waals surface area contributed by atoms with Crippen molar-refractivity contribution >= 4 is 35.4 Å². The standard InChI is InChI=1S/C3HCl2N4.CH4N4.Cu/c4-1-2(5)7-9-8-3(1)6;2-4-1-5-3;/h(H-,6,7,8);1-2H,3H2;/q-1;;+1. The van der Waals surface area contributed by atoms with Gasteiger partial charge in [0.2, 0.25) is 0 Å². The number of nitrogens with two attached hydrogens (primary N) is 1. The molecule has 0 amide bonds. The number of hydrogen-bond acceptors (Lipinski definition) is 6. The number of rotatable bonds is 1. The van der Waals surface area contributed by atoms with Crippen LogP contribution in [-0.4, -0.2) is 21.7 Å². The molecule has 0 radical (unpaired) electrons. The van der Waals surface area contributed by atoms with E-state index in [0.29, 0.717) is 0 Å². The minimum Gasteiger partial charge on any atom is -0.480 e. The van der Waals surface area contributed by atoms with Crippen molar-refractivity contribution < 1.29 is 17.1 Å². The van der Waals surface area contributed by atoms with E-state index >= 15 is 0 Å². The molecule has 86 valence electrons. The van der Waals surface area contributed by atoms with Crippen molar-refractivity contribution in [2.75, 3.05) is 0 Å². The zero-order valence-electron chi connectivity index (χ0n) is 6.95. The van der Waals surface area contributed by atoms with Crippen LogP contribution >= 0.6 is 23.2 Å². The maximum atomic E-state index is 6.93. The van der Waals surface area contributed by atoms with Gasteiger partial charge in [0.15, 0.2) is 11.5 Å². The summed E-state index contributed by atoms with van der Waals surface area (Å²) in [6.07, 6.45) is 0.944. The molecule has 0 aliphatic carbocycles. The summed E-state index contributed by atoms with van der Waals surface area (Å²) >= 11 is 10.7. The van der Waals surface area contributed by atoms with E-state index in [2.05, 4.69) is 31.5 Å². The van der Waals surface area contributed by atoms with Crippen LogP contribution in [-0.2, 0) is 17.1 Å². The average Bonchev–Trinajstić information content (AvgIpc) is 2.16. The predicted molar refractivity (Wildman–Crippen MR) is 51.7 cm³/mol. The first kappa shape index (κ1) is 16.4. The molecule has 1 aromatic rings. The van der Waals surface area contributed by atoms with Gasteiger partial charge in [0.1, 0.15) is 0 Å². The van der Waals surface area contributed by atoms with Crippen molar-refractivity contribution in [3.63, 3.8) is 0 Å². The molecular weight excluding hydrogens is 295 g/mol. The van der Waals surface area contributed by atoms with Gasteiger partial charge in [0.05, 0.1) is 5.02 Å². The Balaban J connectivity index is 0. The fourth-order valence-corrected chi connectivity index (χ4v) is 0.524. The van der Waals surface area contributed by atoms with E-state index in [0.717, 1.165) is 6.34 Å². The number of hydrogen-bond donors (Lipinski definition) is 2. The van der Waals surface area contributed by atoms with Crippen molar-refractivity contribution in [2.24, 2.45) is 16.1 Å². The van der Waals surface area contributed by atoms with Gasteiger partial charge in [0.25, 0.3) is 0 Å². The summed E-state index contributed by atoms with van der Waals surface area (Å²) in [6, 6.07) is 0. The number of halogens is 2. The SMILES string of the molecule is N=NC=NN.[Cu+].[NH-]c1nnnc(Cl)c1Cl. The second-order valence-electron chi connectivity index (χ2n) is 1.64. The zero-order valence-corrected chi connectivity index (χ0v) is 9.40. The van der Waals surface area contributed by atoms with Crippen LogP contribution in [0.15, 0.2) is 10.2 Å². The van der Waals surface area contributed by atoms with Crippen LogP contribution in [0.5, 0.6) is 0 Å². The van der Waals surface area contributed by atoms with Crippen LogP contribution in [0.3, 0.4) is 0 Å². The molecule has 0 spiro atoms. The first-order valence-electron chi connectivity index (χ1n) is 2.97. The number of nitrogens with zero attached hydrogens (tertiary/aromatic N) is 5. The third kappa shape index (κ3) is 6.97. The van der Waals surface area contributed by atoms with E-state index in [4.69, 9.17) is 34.5 Å². The first-order chi connectivity index (χ1) is 6.63. The molecule has 11 heteroatoms. The molecule has 1 heterocycles. The third-order valence-corrected chi connectivity index (χ3v) is 1.51. The summed E-state index contributed by atoms with van der Waals surface area (Å²) < 4.78 is 0. The van der Waals surface area contributed by atoms with Crippen LogP contribution in [0.4, 0.5) is 5.82 Å². The molecular formula is C4H5Cl2CuN8. The van der Waals surface area contributed by atoms with Gasteiger partial charge in [0, 0.05) is 0 Å². The Morgan fingerprint density at radius 2 is 2.00 bits per heavy atom. The summed E-state index contributed by atoms with van der Waals surface area (Å²) in [5.41, 5.74) is 12.9. The molecule has 0 bridgehead atoms. The molecule has 8 nitrogen and oxygen atoms in total. The van der Waals surface area contributed by atoms with E-state index in [1.54, 1.807) is 0 Å². The van der Waals surface area contributed by atoms with Crippen molar-refractivity contribution in [3.05, 3.63) is 15.9 Å². The molecule has 0 aliphatic rings. The van der Waals surface area contributed by atoms with Crippen molar-refractivity contribution in [3.8, 4) is 0 Å². The van der Waals surface area contributed by atoms with E-state index in [1.807, 2.05) is 0 Å². The van der Waals surface area contributed by atoms with Crippen LogP contribution in [0.2, 0.25) is 10.2 Å². The predicted octanol–water partition coefficient (Wildman–Crippen LogP) is 1.78. The summed E-state index contributed by atoms with van der Waals surface area (Å²) in [7, 11) is 0. The second kappa shape index (κ2) is 9.53. The zero-order chi connectivity index (χ0) is 11.0. The van der Waals surface area contributed by atoms with Crippen molar-refractivity contribution in [1.82, 2.24) is 15.4 Å². The summed E-state index contributed by atoms with van der Waals surface area (Å²) in [6.45, 7) is 0. The molecule has 0 unspecified atom stereocenters. The van der Waals surface area contributed by atoms with Gasteiger partial charge < -0.3 is 16.7 Å². The van der Waals surface area contributed by atoms with Gasteiger partial charge in [-0.1, -0.05) is 23.2 Å². The Labute approximate surface area is 105 Å². The molecule has 0 fully saturated rings. The molecule has 0 saturated heterocycles. The topological polar surface area (TPSA) is 137 Å². The Morgan fingerprint density at radius 3 is 2.27 bits per heavy atom. The Bertz CT molecular complexity index is 310. The molecule has 1 rings (SSSR count). The second-order valence-corrected chi connectivity index (χ2v) is 2.37.